The molecular weight excluding hydrogens is 468 g/mol. The molecule has 2 aliphatic rings. The lowest BCUT2D eigenvalue weighted by Gasteiger charge is -2.37. The van der Waals surface area contributed by atoms with Crippen LogP contribution < -0.4 is 15.4 Å². The second kappa shape index (κ2) is 9.99. The third-order valence-corrected chi connectivity index (χ3v) is 7.04. The van der Waals surface area contributed by atoms with Crippen LogP contribution in [0.4, 0.5) is 10.5 Å². The van der Waals surface area contributed by atoms with Gasteiger partial charge in [-0.1, -0.05) is 6.92 Å². The van der Waals surface area contributed by atoms with Crippen LogP contribution in [0.15, 0.2) is 24.3 Å². The third-order valence-electron chi connectivity index (χ3n) is 7.04. The third kappa shape index (κ3) is 4.85. The minimum Gasteiger partial charge on any atom is -0.497 e. The largest absolute Gasteiger partial charge is 0.497 e. The van der Waals surface area contributed by atoms with Gasteiger partial charge in [0.25, 0.3) is 0 Å². The molecule has 2 saturated carbocycles. The molecular formula is C26H36N2O8. The van der Waals surface area contributed by atoms with Crippen molar-refractivity contribution in [2.24, 2.45) is 23.2 Å². The maximum absolute atomic E-state index is 13.5. The molecule has 1 aromatic rings. The molecule has 5 atom stereocenters. The lowest BCUT2D eigenvalue weighted by atomic mass is 9.79. The van der Waals surface area contributed by atoms with Crippen LogP contribution in [-0.2, 0) is 28.6 Å². The molecule has 0 aliphatic heterocycles. The Morgan fingerprint density at radius 1 is 1.03 bits per heavy atom. The summed E-state index contributed by atoms with van der Waals surface area (Å²) < 4.78 is 21.2. The molecule has 36 heavy (non-hydrogen) atoms. The van der Waals surface area contributed by atoms with E-state index in [9.17, 15) is 19.2 Å². The fourth-order valence-electron chi connectivity index (χ4n) is 5.48. The van der Waals surface area contributed by atoms with Gasteiger partial charge in [0.15, 0.2) is 0 Å². The van der Waals surface area contributed by atoms with Gasteiger partial charge in [0, 0.05) is 17.0 Å². The van der Waals surface area contributed by atoms with Crippen LogP contribution in [0.25, 0.3) is 0 Å². The monoisotopic (exact) mass is 504 g/mol. The van der Waals surface area contributed by atoms with Crippen molar-refractivity contribution >= 4 is 29.6 Å². The normalized spacial score (nSPS) is 28.4. The van der Waals surface area contributed by atoms with Crippen LogP contribution >= 0.6 is 0 Å². The number of rotatable bonds is 8. The zero-order valence-corrected chi connectivity index (χ0v) is 21.9. The molecule has 1 aromatic carbocycles. The zero-order chi connectivity index (χ0) is 26.9. The first kappa shape index (κ1) is 27.3. The van der Waals surface area contributed by atoms with Crippen molar-refractivity contribution < 1.29 is 38.1 Å². The number of ether oxygens (including phenoxy) is 4. The summed E-state index contributed by atoms with van der Waals surface area (Å²) in [5.41, 5.74) is -3.06. The Bertz CT molecular complexity index is 1020. The lowest BCUT2D eigenvalue weighted by molar-refractivity contribution is -0.156. The van der Waals surface area contributed by atoms with Gasteiger partial charge in [-0.25, -0.2) is 9.59 Å². The summed E-state index contributed by atoms with van der Waals surface area (Å²) in [5.74, 6) is -3.08. The maximum Gasteiger partial charge on any atom is 0.408 e. The number of alkyl carbamates (subject to hydrolysis) is 1. The maximum atomic E-state index is 13.5. The van der Waals surface area contributed by atoms with E-state index >= 15 is 0 Å². The second-order valence-corrected chi connectivity index (χ2v) is 10.3. The van der Waals surface area contributed by atoms with Gasteiger partial charge < -0.3 is 29.6 Å². The summed E-state index contributed by atoms with van der Waals surface area (Å²) in [7, 11) is 1.54. The standard InChI is InChI=1S/C26H36N2O8/c1-8-34-21(30)19-18-17(20(29)27-15-10-12-16(33-7)13-11-15)14-26(25(18,19)6,22(31)35-9-2)28-23(32)36-24(3,4)5/h10-13,17-19H,8-9,14H2,1-7H3,(H,27,29)(H,28,32). The highest BCUT2D eigenvalue weighted by Crippen LogP contribution is 2.75. The molecule has 2 aliphatic carbocycles. The number of hydrogen-bond acceptors (Lipinski definition) is 8. The predicted octanol–water partition coefficient (Wildman–Crippen LogP) is 3.30. The fourth-order valence-corrected chi connectivity index (χ4v) is 5.48. The smallest absolute Gasteiger partial charge is 0.408 e. The lowest BCUT2D eigenvalue weighted by Crippen LogP contribution is -2.61. The number of carbonyl (C=O) groups excluding carboxylic acids is 4. The van der Waals surface area contributed by atoms with Crippen LogP contribution in [0.3, 0.4) is 0 Å². The first-order valence-electron chi connectivity index (χ1n) is 12.1. The molecule has 5 unspecified atom stereocenters. The molecule has 2 fully saturated rings. The number of amides is 2. The molecule has 2 N–H and O–H groups in total. The van der Waals surface area contributed by atoms with E-state index in [1.54, 1.807) is 72.9 Å². The number of esters is 2. The van der Waals surface area contributed by atoms with Gasteiger partial charge in [0.05, 0.1) is 26.2 Å². The minimum absolute atomic E-state index is 0.0515. The number of benzene rings is 1. The Morgan fingerprint density at radius 2 is 1.64 bits per heavy atom. The first-order valence-corrected chi connectivity index (χ1v) is 12.1. The summed E-state index contributed by atoms with van der Waals surface area (Å²) in [6, 6.07) is 6.80. The Morgan fingerprint density at radius 3 is 2.17 bits per heavy atom. The van der Waals surface area contributed by atoms with Gasteiger partial charge in [-0.2, -0.15) is 0 Å². The SMILES string of the molecule is CCOC(=O)C1C2C(C(=O)Nc3ccc(OC)cc3)CC(NC(=O)OC(C)(C)C)(C(=O)OCC)C12C. The number of fused-ring (bicyclic) bond motifs is 1. The topological polar surface area (TPSA) is 129 Å². The average Bonchev–Trinajstić information content (AvgIpc) is 3.34. The van der Waals surface area contributed by atoms with Gasteiger partial charge in [-0.3, -0.25) is 9.59 Å². The second-order valence-electron chi connectivity index (χ2n) is 10.3. The molecule has 0 bridgehead atoms. The van der Waals surface area contributed by atoms with Crippen molar-refractivity contribution in [3.8, 4) is 5.75 Å². The van der Waals surface area contributed by atoms with E-state index in [1.807, 2.05) is 0 Å². The van der Waals surface area contributed by atoms with E-state index < -0.39 is 52.3 Å². The fraction of sp³-hybridized carbons (Fsp3) is 0.615. The van der Waals surface area contributed by atoms with Crippen molar-refractivity contribution in [3.63, 3.8) is 0 Å². The van der Waals surface area contributed by atoms with E-state index in [0.29, 0.717) is 11.4 Å². The molecule has 0 heterocycles. The van der Waals surface area contributed by atoms with Crippen molar-refractivity contribution in [2.45, 2.75) is 59.1 Å². The Hall–Kier alpha value is -3.30. The molecule has 0 spiro atoms. The number of nitrogens with one attached hydrogen (secondary N) is 2. The van der Waals surface area contributed by atoms with E-state index in [4.69, 9.17) is 18.9 Å². The number of hydrogen-bond donors (Lipinski definition) is 2. The highest BCUT2D eigenvalue weighted by Gasteiger charge is 2.85. The van der Waals surface area contributed by atoms with E-state index in [1.165, 1.54) is 0 Å². The number of methoxy groups -OCH3 is 1. The van der Waals surface area contributed by atoms with Gasteiger partial charge in [0.2, 0.25) is 5.91 Å². The summed E-state index contributed by atoms with van der Waals surface area (Å²) in [6.45, 7) is 10.4. The molecule has 10 heteroatoms. The van der Waals surface area contributed by atoms with Crippen LogP contribution in [0.5, 0.6) is 5.75 Å². The Labute approximate surface area is 211 Å². The first-order chi connectivity index (χ1) is 16.8. The molecule has 2 amide bonds. The van der Waals surface area contributed by atoms with Crippen molar-refractivity contribution in [3.05, 3.63) is 24.3 Å². The number of carbonyl (C=O) groups is 4. The highest BCUT2D eigenvalue weighted by atomic mass is 16.6. The molecule has 198 valence electrons. The van der Waals surface area contributed by atoms with Crippen molar-refractivity contribution in [1.29, 1.82) is 0 Å². The minimum atomic E-state index is -1.66. The zero-order valence-electron chi connectivity index (χ0n) is 21.9. The predicted molar refractivity (Wildman–Crippen MR) is 130 cm³/mol. The Kier molecular flexibility index (Phi) is 7.57. The molecule has 0 aromatic heterocycles. The van der Waals surface area contributed by atoms with Crippen molar-refractivity contribution in [2.75, 3.05) is 25.6 Å². The van der Waals surface area contributed by atoms with Gasteiger partial charge in [-0.05, 0) is 71.2 Å². The van der Waals surface area contributed by atoms with Crippen LogP contribution in [0, 0.1) is 23.2 Å². The molecule has 0 radical (unpaired) electrons. The summed E-state index contributed by atoms with van der Waals surface area (Å²) in [5, 5.41) is 5.57. The summed E-state index contributed by atoms with van der Waals surface area (Å²) >= 11 is 0. The van der Waals surface area contributed by atoms with E-state index in [0.717, 1.165) is 0 Å². The van der Waals surface area contributed by atoms with E-state index in [-0.39, 0.29) is 25.5 Å². The average molecular weight is 505 g/mol. The van der Waals surface area contributed by atoms with Crippen molar-refractivity contribution in [1.82, 2.24) is 5.32 Å². The summed E-state index contributed by atoms with van der Waals surface area (Å²) in [6.07, 6.45) is -0.884. The Balaban J connectivity index is 1.99. The molecule has 0 saturated heterocycles. The van der Waals surface area contributed by atoms with Crippen LogP contribution in [-0.4, -0.2) is 55.4 Å². The van der Waals surface area contributed by atoms with Crippen LogP contribution in [0.1, 0.15) is 48.0 Å². The number of anilines is 1. The van der Waals surface area contributed by atoms with Gasteiger partial charge in [-0.15, -0.1) is 0 Å². The summed E-state index contributed by atoms with van der Waals surface area (Å²) in [4.78, 5) is 52.7. The van der Waals surface area contributed by atoms with Gasteiger partial charge >= 0.3 is 18.0 Å². The van der Waals surface area contributed by atoms with Crippen LogP contribution in [0.2, 0.25) is 0 Å². The van der Waals surface area contributed by atoms with E-state index in [2.05, 4.69) is 10.6 Å². The molecule has 10 nitrogen and oxygen atoms in total. The quantitative estimate of drug-likeness (QED) is 0.408. The van der Waals surface area contributed by atoms with Gasteiger partial charge in [0.1, 0.15) is 16.9 Å². The highest BCUT2D eigenvalue weighted by molar-refractivity contribution is 5.99. The molecule has 3 rings (SSSR count).